The van der Waals surface area contributed by atoms with Gasteiger partial charge in [-0.05, 0) is 49.3 Å². The molecule has 4 aliphatic rings. The van der Waals surface area contributed by atoms with Gasteiger partial charge in [0, 0.05) is 30.6 Å². The molecule has 1 aromatic rings. The van der Waals surface area contributed by atoms with E-state index in [1.807, 2.05) is 6.07 Å². The molecule has 1 aromatic carbocycles. The van der Waals surface area contributed by atoms with Crippen molar-refractivity contribution >= 4 is 11.7 Å². The van der Waals surface area contributed by atoms with Gasteiger partial charge in [-0.2, -0.15) is 0 Å². The van der Waals surface area contributed by atoms with Crippen LogP contribution in [0.4, 0.5) is 5.69 Å². The van der Waals surface area contributed by atoms with Crippen LogP contribution in [0, 0.1) is 11.8 Å². The van der Waals surface area contributed by atoms with E-state index in [0.29, 0.717) is 12.0 Å². The number of aliphatic hydroxyl groups is 1. The van der Waals surface area contributed by atoms with Crippen LogP contribution in [0.15, 0.2) is 35.5 Å². The van der Waals surface area contributed by atoms with Gasteiger partial charge in [0.15, 0.2) is 0 Å². The SMILES string of the molecule is COC(=O)C1=C2Nc3ccccc3C23CCN2CC(CCO)C1CC23. The first-order valence-corrected chi connectivity index (χ1v) is 9.25. The van der Waals surface area contributed by atoms with Crippen LogP contribution in [0.25, 0.3) is 0 Å². The van der Waals surface area contributed by atoms with Gasteiger partial charge < -0.3 is 15.2 Å². The van der Waals surface area contributed by atoms with Gasteiger partial charge in [0.2, 0.25) is 0 Å². The number of aliphatic hydroxyl groups excluding tert-OH is 1. The van der Waals surface area contributed by atoms with Crippen LogP contribution in [0.5, 0.6) is 0 Å². The lowest BCUT2D eigenvalue weighted by Crippen LogP contribution is -2.55. The van der Waals surface area contributed by atoms with Crippen molar-refractivity contribution in [3.05, 3.63) is 41.1 Å². The van der Waals surface area contributed by atoms with Crippen molar-refractivity contribution in [3.8, 4) is 0 Å². The van der Waals surface area contributed by atoms with Gasteiger partial charge in [-0.25, -0.2) is 4.79 Å². The third kappa shape index (κ3) is 1.83. The van der Waals surface area contributed by atoms with Crippen molar-refractivity contribution < 1.29 is 14.6 Å². The van der Waals surface area contributed by atoms with Crippen molar-refractivity contribution in [3.63, 3.8) is 0 Å². The number of carbonyl (C=O) groups excluding carboxylic acids is 1. The highest BCUT2D eigenvalue weighted by molar-refractivity contribution is 5.93. The van der Waals surface area contributed by atoms with Crippen molar-refractivity contribution in [2.45, 2.75) is 30.7 Å². The summed E-state index contributed by atoms with van der Waals surface area (Å²) >= 11 is 0. The predicted molar refractivity (Wildman–Crippen MR) is 94.1 cm³/mol. The maximum Gasteiger partial charge on any atom is 0.335 e. The van der Waals surface area contributed by atoms with E-state index < -0.39 is 0 Å². The molecule has 2 N–H and O–H groups in total. The first-order valence-electron chi connectivity index (χ1n) is 9.25. The monoisotopic (exact) mass is 340 g/mol. The van der Waals surface area contributed by atoms with Gasteiger partial charge in [0.25, 0.3) is 0 Å². The summed E-state index contributed by atoms with van der Waals surface area (Å²) in [6.07, 6.45) is 2.76. The van der Waals surface area contributed by atoms with Crippen molar-refractivity contribution in [2.75, 3.05) is 32.1 Å². The van der Waals surface area contributed by atoms with Crippen molar-refractivity contribution in [1.29, 1.82) is 0 Å². The number of fused-ring (bicyclic) bond motifs is 2. The molecule has 1 spiro atoms. The lowest BCUT2D eigenvalue weighted by Gasteiger charge is -2.50. The fourth-order valence-corrected chi connectivity index (χ4v) is 6.02. The van der Waals surface area contributed by atoms with Crippen LogP contribution in [0.3, 0.4) is 0 Å². The molecule has 0 radical (unpaired) electrons. The Morgan fingerprint density at radius 2 is 2.28 bits per heavy atom. The summed E-state index contributed by atoms with van der Waals surface area (Å²) in [5, 5.41) is 13.1. The zero-order valence-electron chi connectivity index (χ0n) is 14.5. The maximum absolute atomic E-state index is 12.8. The molecule has 1 aliphatic carbocycles. The van der Waals surface area contributed by atoms with Gasteiger partial charge in [0.05, 0.1) is 18.1 Å². The number of rotatable bonds is 3. The minimum Gasteiger partial charge on any atom is -0.466 e. The number of anilines is 1. The molecule has 2 saturated heterocycles. The fraction of sp³-hybridized carbons (Fsp3) is 0.550. The third-order valence-electron chi connectivity index (χ3n) is 6.98. The molecular formula is C20H24N2O3. The van der Waals surface area contributed by atoms with Crippen LogP contribution in [0.1, 0.15) is 24.8 Å². The van der Waals surface area contributed by atoms with Gasteiger partial charge in [-0.15, -0.1) is 0 Å². The minimum absolute atomic E-state index is 0.0964. The first kappa shape index (κ1) is 15.4. The Kier molecular flexibility index (Phi) is 3.28. The normalized spacial score (nSPS) is 35.2. The number of hydrogen-bond donors (Lipinski definition) is 2. The Hall–Kier alpha value is -1.85. The fourth-order valence-electron chi connectivity index (χ4n) is 6.02. The molecule has 0 amide bonds. The van der Waals surface area contributed by atoms with Gasteiger partial charge in [0.1, 0.15) is 0 Å². The zero-order valence-corrected chi connectivity index (χ0v) is 14.5. The Morgan fingerprint density at radius 3 is 3.08 bits per heavy atom. The van der Waals surface area contributed by atoms with E-state index in [4.69, 9.17) is 4.74 Å². The molecule has 2 bridgehead atoms. The largest absolute Gasteiger partial charge is 0.466 e. The lowest BCUT2D eigenvalue weighted by molar-refractivity contribution is -0.137. The number of esters is 1. The number of para-hydroxylation sites is 1. The van der Waals surface area contributed by atoms with E-state index in [9.17, 15) is 9.90 Å². The van der Waals surface area contributed by atoms with Crippen molar-refractivity contribution in [1.82, 2.24) is 4.90 Å². The highest BCUT2D eigenvalue weighted by atomic mass is 16.5. The van der Waals surface area contributed by atoms with E-state index in [-0.39, 0.29) is 23.9 Å². The summed E-state index contributed by atoms with van der Waals surface area (Å²) < 4.78 is 5.20. The second kappa shape index (κ2) is 5.32. The molecule has 25 heavy (non-hydrogen) atoms. The van der Waals surface area contributed by atoms with Crippen LogP contribution in [-0.2, 0) is 14.9 Å². The highest BCUT2D eigenvalue weighted by Gasteiger charge is 2.62. The molecule has 5 nitrogen and oxygen atoms in total. The number of piperidine rings is 1. The van der Waals surface area contributed by atoms with E-state index in [1.54, 1.807) is 0 Å². The number of methoxy groups -OCH3 is 1. The third-order valence-corrected chi connectivity index (χ3v) is 6.98. The molecule has 0 saturated carbocycles. The van der Waals surface area contributed by atoms with Gasteiger partial charge in [-0.3, -0.25) is 4.90 Å². The first-order chi connectivity index (χ1) is 12.2. The standard InChI is InChI=1S/C20H24N2O3/c1-25-19(24)17-13-10-16-20(7-8-22(16)11-12(13)6-9-23)14-4-2-3-5-15(14)21-18(17)20/h2-5,12-13,16,21,23H,6-11H2,1H3. The molecular weight excluding hydrogens is 316 g/mol. The zero-order chi connectivity index (χ0) is 17.2. The Bertz CT molecular complexity index is 774. The summed E-state index contributed by atoms with van der Waals surface area (Å²) in [5.74, 6) is 0.273. The average molecular weight is 340 g/mol. The topological polar surface area (TPSA) is 61.8 Å². The van der Waals surface area contributed by atoms with E-state index in [1.165, 1.54) is 12.7 Å². The smallest absolute Gasteiger partial charge is 0.335 e. The Morgan fingerprint density at radius 1 is 1.44 bits per heavy atom. The average Bonchev–Trinajstić information content (AvgIpc) is 3.18. The lowest BCUT2D eigenvalue weighted by atomic mass is 9.60. The summed E-state index contributed by atoms with van der Waals surface area (Å²) in [7, 11) is 1.47. The van der Waals surface area contributed by atoms with Crippen LogP contribution < -0.4 is 5.32 Å². The molecule has 5 rings (SSSR count). The van der Waals surface area contributed by atoms with E-state index in [0.717, 1.165) is 49.3 Å². The molecule has 2 fully saturated rings. The quantitative estimate of drug-likeness (QED) is 0.823. The highest BCUT2D eigenvalue weighted by Crippen LogP contribution is 2.61. The number of nitrogens with one attached hydrogen (secondary N) is 1. The number of nitrogens with zero attached hydrogens (tertiary/aromatic N) is 1. The number of carbonyl (C=O) groups is 1. The van der Waals surface area contributed by atoms with E-state index in [2.05, 4.69) is 28.4 Å². The Balaban J connectivity index is 1.75. The van der Waals surface area contributed by atoms with Crippen LogP contribution in [-0.4, -0.2) is 48.8 Å². The summed E-state index contributed by atoms with van der Waals surface area (Å²) in [6.45, 7) is 2.18. The number of hydrogen-bond acceptors (Lipinski definition) is 5. The second-order valence-corrected chi connectivity index (χ2v) is 7.80. The summed E-state index contributed by atoms with van der Waals surface area (Å²) in [4.78, 5) is 15.4. The molecule has 4 atom stereocenters. The predicted octanol–water partition coefficient (Wildman–Crippen LogP) is 1.88. The van der Waals surface area contributed by atoms with Crippen LogP contribution >= 0.6 is 0 Å². The molecule has 3 aliphatic heterocycles. The van der Waals surface area contributed by atoms with Crippen molar-refractivity contribution in [2.24, 2.45) is 11.8 Å². The van der Waals surface area contributed by atoms with Crippen LogP contribution in [0.2, 0.25) is 0 Å². The molecule has 4 unspecified atom stereocenters. The summed E-state index contributed by atoms with van der Waals surface area (Å²) in [6, 6.07) is 8.91. The Labute approximate surface area is 147 Å². The van der Waals surface area contributed by atoms with Gasteiger partial charge in [-0.1, -0.05) is 18.2 Å². The maximum atomic E-state index is 12.8. The minimum atomic E-state index is -0.207. The molecule has 3 heterocycles. The number of ether oxygens (including phenoxy) is 1. The van der Waals surface area contributed by atoms with Gasteiger partial charge >= 0.3 is 5.97 Å². The van der Waals surface area contributed by atoms with E-state index >= 15 is 0 Å². The molecule has 5 heteroatoms. The molecule has 132 valence electrons. The number of benzene rings is 1. The molecule has 0 aromatic heterocycles. The summed E-state index contributed by atoms with van der Waals surface area (Å²) in [5.41, 5.74) is 4.27. The second-order valence-electron chi connectivity index (χ2n) is 7.80.